The van der Waals surface area contributed by atoms with E-state index in [4.69, 9.17) is 0 Å². The number of rotatable bonds is 4. The van der Waals surface area contributed by atoms with Crippen molar-refractivity contribution in [1.29, 1.82) is 0 Å². The molecule has 2 aliphatic heterocycles. The molecule has 0 amide bonds. The Balaban J connectivity index is 1.59. The lowest BCUT2D eigenvalue weighted by Crippen LogP contribution is -2.41. The predicted molar refractivity (Wildman–Crippen MR) is 91.3 cm³/mol. The number of benzene rings is 1. The van der Waals surface area contributed by atoms with Gasteiger partial charge in [0.1, 0.15) is 0 Å². The first-order chi connectivity index (χ1) is 10.3. The third kappa shape index (κ3) is 3.34. The zero-order valence-electron chi connectivity index (χ0n) is 13.5. The first kappa shape index (κ1) is 14.7. The van der Waals surface area contributed by atoms with Gasteiger partial charge >= 0.3 is 0 Å². The number of piperidine rings is 1. The molecular formula is C18H29N3. The fourth-order valence-corrected chi connectivity index (χ4v) is 3.76. The van der Waals surface area contributed by atoms with Gasteiger partial charge in [-0.15, -0.1) is 0 Å². The molecule has 3 nitrogen and oxygen atoms in total. The van der Waals surface area contributed by atoms with Crippen LogP contribution >= 0.6 is 0 Å². The summed E-state index contributed by atoms with van der Waals surface area (Å²) in [5, 5.41) is 3.55. The van der Waals surface area contributed by atoms with Gasteiger partial charge in [0, 0.05) is 26.7 Å². The first-order valence-electron chi connectivity index (χ1n) is 8.51. The van der Waals surface area contributed by atoms with Crippen LogP contribution in [0.4, 0.5) is 11.4 Å². The van der Waals surface area contributed by atoms with Crippen molar-refractivity contribution in [2.75, 3.05) is 49.6 Å². The number of nitrogens with one attached hydrogen (secondary N) is 1. The number of hydrogen-bond acceptors (Lipinski definition) is 3. The summed E-state index contributed by atoms with van der Waals surface area (Å²) in [7, 11) is 2.20. The zero-order chi connectivity index (χ0) is 14.7. The smallest absolute Gasteiger partial charge is 0.0604 e. The van der Waals surface area contributed by atoms with Crippen LogP contribution in [0.25, 0.3) is 0 Å². The number of hydrogen-bond donors (Lipinski definition) is 1. The molecule has 0 saturated carbocycles. The molecule has 2 atom stereocenters. The second-order valence-electron chi connectivity index (χ2n) is 6.77. The predicted octanol–water partition coefficient (Wildman–Crippen LogP) is 2.97. The Labute approximate surface area is 129 Å². The lowest BCUT2D eigenvalue weighted by Gasteiger charge is -2.38. The molecule has 3 rings (SSSR count). The molecule has 1 aromatic rings. The van der Waals surface area contributed by atoms with Crippen LogP contribution in [0, 0.1) is 11.8 Å². The Bertz CT molecular complexity index is 454. The van der Waals surface area contributed by atoms with Crippen LogP contribution < -0.4 is 15.1 Å². The zero-order valence-corrected chi connectivity index (χ0v) is 13.5. The molecule has 0 aromatic heterocycles. The molecule has 1 aromatic carbocycles. The minimum atomic E-state index is 0.824. The van der Waals surface area contributed by atoms with Crippen LogP contribution in [-0.2, 0) is 0 Å². The number of fused-ring (bicyclic) bond motifs is 1. The Morgan fingerprint density at radius 2 is 2.05 bits per heavy atom. The summed E-state index contributed by atoms with van der Waals surface area (Å²) in [5.41, 5.74) is 2.80. The van der Waals surface area contributed by atoms with E-state index in [0.29, 0.717) is 0 Å². The Morgan fingerprint density at radius 3 is 2.81 bits per heavy atom. The van der Waals surface area contributed by atoms with Gasteiger partial charge in [-0.25, -0.2) is 0 Å². The van der Waals surface area contributed by atoms with E-state index in [1.54, 1.807) is 0 Å². The van der Waals surface area contributed by atoms with E-state index in [-0.39, 0.29) is 0 Å². The fraction of sp³-hybridized carbons (Fsp3) is 0.667. The highest BCUT2D eigenvalue weighted by atomic mass is 15.2. The highest BCUT2D eigenvalue weighted by Crippen LogP contribution is 2.32. The average Bonchev–Trinajstić information content (AvgIpc) is 2.55. The monoisotopic (exact) mass is 287 g/mol. The molecule has 2 heterocycles. The summed E-state index contributed by atoms with van der Waals surface area (Å²) in [6.07, 6.45) is 4.07. The summed E-state index contributed by atoms with van der Waals surface area (Å²) in [4.78, 5) is 4.96. The van der Waals surface area contributed by atoms with Crippen molar-refractivity contribution in [3.8, 4) is 0 Å². The molecule has 116 valence electrons. The summed E-state index contributed by atoms with van der Waals surface area (Å²) in [5.74, 6) is 1.70. The SMILES string of the molecule is CC(CCN1CCN(C)c2ccccc21)C1CCCNC1. The van der Waals surface area contributed by atoms with Crippen LogP contribution in [0.3, 0.4) is 0 Å². The molecule has 0 radical (unpaired) electrons. The minimum Gasteiger partial charge on any atom is -0.371 e. The van der Waals surface area contributed by atoms with Gasteiger partial charge in [0.2, 0.25) is 0 Å². The van der Waals surface area contributed by atoms with Gasteiger partial charge in [0.25, 0.3) is 0 Å². The van der Waals surface area contributed by atoms with Crippen LogP contribution in [0.2, 0.25) is 0 Å². The average molecular weight is 287 g/mol. The van der Waals surface area contributed by atoms with Crippen molar-refractivity contribution in [1.82, 2.24) is 5.32 Å². The maximum absolute atomic E-state index is 3.55. The number of nitrogens with zero attached hydrogens (tertiary/aromatic N) is 2. The molecule has 0 spiro atoms. The first-order valence-corrected chi connectivity index (χ1v) is 8.51. The fourth-order valence-electron chi connectivity index (χ4n) is 3.76. The van der Waals surface area contributed by atoms with Crippen LogP contribution in [0.5, 0.6) is 0 Å². The molecule has 1 N–H and O–H groups in total. The maximum atomic E-state index is 3.55. The Morgan fingerprint density at radius 1 is 1.24 bits per heavy atom. The van der Waals surface area contributed by atoms with Crippen LogP contribution in [-0.4, -0.2) is 39.8 Å². The van der Waals surface area contributed by atoms with Crippen molar-refractivity contribution in [3.05, 3.63) is 24.3 Å². The molecule has 21 heavy (non-hydrogen) atoms. The van der Waals surface area contributed by atoms with Gasteiger partial charge in [0.15, 0.2) is 0 Å². The highest BCUT2D eigenvalue weighted by Gasteiger charge is 2.23. The number of likely N-dealkylation sites (N-methyl/N-ethyl adjacent to an activating group) is 1. The normalized spacial score (nSPS) is 23.8. The summed E-state index contributed by atoms with van der Waals surface area (Å²) in [6.45, 7) is 8.37. The van der Waals surface area contributed by atoms with Gasteiger partial charge in [-0.1, -0.05) is 19.1 Å². The highest BCUT2D eigenvalue weighted by molar-refractivity contribution is 5.72. The third-order valence-corrected chi connectivity index (χ3v) is 5.33. The van der Waals surface area contributed by atoms with Crippen molar-refractivity contribution in [2.45, 2.75) is 26.2 Å². The van der Waals surface area contributed by atoms with E-state index in [1.807, 2.05) is 0 Å². The van der Waals surface area contributed by atoms with Crippen molar-refractivity contribution in [3.63, 3.8) is 0 Å². The molecule has 0 bridgehead atoms. The van der Waals surface area contributed by atoms with Crippen LogP contribution in [0.15, 0.2) is 24.3 Å². The summed E-state index contributed by atoms with van der Waals surface area (Å²) >= 11 is 0. The molecule has 1 fully saturated rings. The topological polar surface area (TPSA) is 18.5 Å². The lowest BCUT2D eigenvalue weighted by molar-refractivity contribution is 0.269. The third-order valence-electron chi connectivity index (χ3n) is 5.33. The molecule has 1 saturated heterocycles. The summed E-state index contributed by atoms with van der Waals surface area (Å²) in [6, 6.07) is 8.84. The van der Waals surface area contributed by atoms with E-state index in [9.17, 15) is 0 Å². The van der Waals surface area contributed by atoms with Crippen molar-refractivity contribution >= 4 is 11.4 Å². The van der Waals surface area contributed by atoms with E-state index < -0.39 is 0 Å². The van der Waals surface area contributed by atoms with E-state index in [2.05, 4.69) is 53.4 Å². The quantitative estimate of drug-likeness (QED) is 0.918. The largest absolute Gasteiger partial charge is 0.371 e. The second kappa shape index (κ2) is 6.69. The molecule has 0 aliphatic carbocycles. The lowest BCUT2D eigenvalue weighted by atomic mass is 9.85. The summed E-state index contributed by atoms with van der Waals surface area (Å²) < 4.78 is 0. The molecule has 2 aliphatic rings. The Hall–Kier alpha value is -1.22. The number of anilines is 2. The van der Waals surface area contributed by atoms with Gasteiger partial charge in [0.05, 0.1) is 11.4 Å². The van der Waals surface area contributed by atoms with Gasteiger partial charge < -0.3 is 15.1 Å². The van der Waals surface area contributed by atoms with Gasteiger partial charge in [-0.05, 0) is 56.3 Å². The molecular weight excluding hydrogens is 258 g/mol. The van der Waals surface area contributed by atoms with E-state index >= 15 is 0 Å². The van der Waals surface area contributed by atoms with Gasteiger partial charge in [-0.3, -0.25) is 0 Å². The van der Waals surface area contributed by atoms with E-state index in [1.165, 1.54) is 50.3 Å². The molecule has 2 unspecified atom stereocenters. The standard InChI is InChI=1S/C18H29N3/c1-15(16-6-5-10-19-14-16)9-11-21-13-12-20(2)17-7-3-4-8-18(17)21/h3-4,7-8,15-16,19H,5-6,9-14H2,1-2H3. The second-order valence-corrected chi connectivity index (χ2v) is 6.77. The van der Waals surface area contributed by atoms with Crippen LogP contribution in [0.1, 0.15) is 26.2 Å². The Kier molecular flexibility index (Phi) is 4.69. The van der Waals surface area contributed by atoms with Crippen molar-refractivity contribution < 1.29 is 0 Å². The van der Waals surface area contributed by atoms with E-state index in [0.717, 1.165) is 24.9 Å². The minimum absolute atomic E-state index is 0.824. The van der Waals surface area contributed by atoms with Gasteiger partial charge in [-0.2, -0.15) is 0 Å². The maximum Gasteiger partial charge on any atom is 0.0604 e. The number of para-hydroxylation sites is 2. The van der Waals surface area contributed by atoms with Crippen molar-refractivity contribution in [2.24, 2.45) is 11.8 Å². The molecule has 3 heteroatoms.